The van der Waals surface area contributed by atoms with E-state index in [1.54, 1.807) is 54.6 Å². The third-order valence-corrected chi connectivity index (χ3v) is 5.24. The predicted octanol–water partition coefficient (Wildman–Crippen LogP) is 5.48. The smallest absolute Gasteiger partial charge is 0.387 e. The summed E-state index contributed by atoms with van der Waals surface area (Å²) in [6.45, 7) is -1.11. The second-order valence-electron chi connectivity index (χ2n) is 6.36. The summed E-state index contributed by atoms with van der Waals surface area (Å²) in [4.78, 5) is 25.3. The topological polar surface area (TPSA) is 67.4 Å². The molecule has 0 saturated heterocycles. The summed E-state index contributed by atoms with van der Waals surface area (Å²) in [6.07, 6.45) is 0.490. The molecule has 0 aliphatic heterocycles. The van der Waals surface area contributed by atoms with Gasteiger partial charge < -0.3 is 15.4 Å². The van der Waals surface area contributed by atoms with E-state index in [1.165, 1.54) is 17.4 Å². The molecule has 1 unspecified atom stereocenters. The Morgan fingerprint density at radius 1 is 1.00 bits per heavy atom. The number of thiophene rings is 1. The molecule has 1 atom stereocenters. The lowest BCUT2D eigenvalue weighted by Gasteiger charge is -2.20. The number of alkyl halides is 2. The van der Waals surface area contributed by atoms with E-state index in [0.717, 1.165) is 0 Å². The lowest BCUT2D eigenvalue weighted by molar-refractivity contribution is -0.0507. The van der Waals surface area contributed by atoms with Gasteiger partial charge in [-0.15, -0.1) is 11.3 Å². The zero-order valence-corrected chi connectivity index (χ0v) is 16.9. The van der Waals surface area contributed by atoms with Crippen LogP contribution in [0.5, 0.6) is 5.75 Å². The zero-order chi connectivity index (χ0) is 21.5. The number of amides is 2. The van der Waals surface area contributed by atoms with Gasteiger partial charge in [-0.25, -0.2) is 0 Å². The minimum Gasteiger partial charge on any atom is -0.434 e. The minimum absolute atomic E-state index is 0.0336. The van der Waals surface area contributed by atoms with Gasteiger partial charge in [0.1, 0.15) is 5.75 Å². The van der Waals surface area contributed by atoms with Gasteiger partial charge in [0.2, 0.25) is 0 Å². The lowest BCUT2D eigenvalue weighted by Crippen LogP contribution is -2.28. The molecule has 0 spiro atoms. The quantitative estimate of drug-likeness (QED) is 0.497. The van der Waals surface area contributed by atoms with Crippen molar-refractivity contribution in [1.82, 2.24) is 5.32 Å². The van der Waals surface area contributed by atoms with E-state index in [1.807, 2.05) is 12.3 Å². The van der Waals surface area contributed by atoms with Gasteiger partial charge in [0.25, 0.3) is 11.8 Å². The number of carbonyl (C=O) groups excluding carboxylic acids is 2. The fourth-order valence-corrected chi connectivity index (χ4v) is 3.54. The van der Waals surface area contributed by atoms with Crippen molar-refractivity contribution in [2.45, 2.75) is 26.0 Å². The molecule has 3 aromatic rings. The van der Waals surface area contributed by atoms with Gasteiger partial charge in [-0.2, -0.15) is 8.78 Å². The molecule has 2 amide bonds. The van der Waals surface area contributed by atoms with Crippen LogP contribution in [0.1, 0.15) is 45.0 Å². The first kappa shape index (κ1) is 21.4. The molecule has 0 fully saturated rings. The normalized spacial score (nSPS) is 11.7. The van der Waals surface area contributed by atoms with Gasteiger partial charge >= 0.3 is 6.61 Å². The second kappa shape index (κ2) is 9.98. The number of halogens is 2. The maximum absolute atomic E-state index is 12.7. The summed E-state index contributed by atoms with van der Waals surface area (Å²) in [5.41, 5.74) is 1.43. The fraction of sp³-hybridized carbons (Fsp3) is 0.182. The third kappa shape index (κ3) is 5.42. The number of hydrogen-bond donors (Lipinski definition) is 2. The molecule has 1 heterocycles. The van der Waals surface area contributed by atoms with Gasteiger partial charge in [0.05, 0.1) is 10.9 Å². The maximum atomic E-state index is 12.7. The highest BCUT2D eigenvalue weighted by Gasteiger charge is 2.19. The highest BCUT2D eigenvalue weighted by molar-refractivity contribution is 7.12. The molecule has 0 aliphatic rings. The number of carbonyl (C=O) groups is 2. The van der Waals surface area contributed by atoms with Crippen LogP contribution in [0.25, 0.3) is 0 Å². The van der Waals surface area contributed by atoms with Crippen LogP contribution in [-0.4, -0.2) is 18.4 Å². The van der Waals surface area contributed by atoms with Crippen LogP contribution in [0, 0.1) is 0 Å². The van der Waals surface area contributed by atoms with Crippen molar-refractivity contribution < 1.29 is 23.1 Å². The van der Waals surface area contributed by atoms with Crippen LogP contribution in [-0.2, 0) is 0 Å². The molecule has 0 saturated carbocycles. The zero-order valence-electron chi connectivity index (χ0n) is 16.1. The molecule has 8 heteroatoms. The van der Waals surface area contributed by atoms with Crippen LogP contribution in [0.2, 0.25) is 0 Å². The molecule has 0 radical (unpaired) electrons. The summed E-state index contributed by atoms with van der Waals surface area (Å²) in [6, 6.07) is 15.9. The number of anilines is 1. The van der Waals surface area contributed by atoms with E-state index in [9.17, 15) is 18.4 Å². The molecule has 156 valence electrons. The van der Waals surface area contributed by atoms with Crippen molar-refractivity contribution in [1.29, 1.82) is 0 Å². The molecule has 3 rings (SSSR count). The van der Waals surface area contributed by atoms with Crippen LogP contribution in [0.15, 0.2) is 66.0 Å². The van der Waals surface area contributed by atoms with E-state index in [4.69, 9.17) is 0 Å². The summed E-state index contributed by atoms with van der Waals surface area (Å²) in [5, 5.41) is 7.43. The Labute approximate surface area is 176 Å². The van der Waals surface area contributed by atoms with Gasteiger partial charge in [-0.05, 0) is 48.2 Å². The number of ether oxygens (including phenoxy) is 1. The van der Waals surface area contributed by atoms with Gasteiger partial charge in [0.15, 0.2) is 0 Å². The van der Waals surface area contributed by atoms with E-state index in [2.05, 4.69) is 15.4 Å². The first-order chi connectivity index (χ1) is 14.5. The number of nitrogens with one attached hydrogen (secondary N) is 2. The third-order valence-electron chi connectivity index (χ3n) is 4.37. The summed E-state index contributed by atoms with van der Waals surface area (Å²) in [7, 11) is 0. The summed E-state index contributed by atoms with van der Waals surface area (Å²) < 4.78 is 29.9. The van der Waals surface area contributed by atoms with Crippen molar-refractivity contribution in [3.63, 3.8) is 0 Å². The largest absolute Gasteiger partial charge is 0.434 e. The Balaban J connectivity index is 1.68. The standard InChI is InChI=1S/C22H20F2N2O3S/c1-2-17(16-6-3-4-7-18(16)29-22(23)24)26-20(27)14-9-11-15(12-10-14)25-21(28)19-8-5-13-30-19/h3-13,17,22H,2H2,1H3,(H,25,28)(H,26,27). The maximum Gasteiger partial charge on any atom is 0.387 e. The van der Waals surface area contributed by atoms with E-state index >= 15 is 0 Å². The average Bonchev–Trinajstić information content (AvgIpc) is 3.28. The Morgan fingerprint density at radius 3 is 2.37 bits per heavy atom. The van der Waals surface area contributed by atoms with E-state index < -0.39 is 12.7 Å². The first-order valence-electron chi connectivity index (χ1n) is 9.27. The molecular formula is C22H20F2N2O3S. The monoisotopic (exact) mass is 430 g/mol. The Hall–Kier alpha value is -3.26. The Kier molecular flexibility index (Phi) is 7.13. The predicted molar refractivity (Wildman–Crippen MR) is 112 cm³/mol. The fourth-order valence-electron chi connectivity index (χ4n) is 2.92. The summed E-state index contributed by atoms with van der Waals surface area (Å²) >= 11 is 1.34. The van der Waals surface area contributed by atoms with Crippen LogP contribution >= 0.6 is 11.3 Å². The molecule has 30 heavy (non-hydrogen) atoms. The van der Waals surface area contributed by atoms with E-state index in [-0.39, 0.29) is 17.6 Å². The second-order valence-corrected chi connectivity index (χ2v) is 7.31. The van der Waals surface area contributed by atoms with Gasteiger partial charge in [-0.3, -0.25) is 9.59 Å². The van der Waals surface area contributed by atoms with Gasteiger partial charge in [0, 0.05) is 16.8 Å². The van der Waals surface area contributed by atoms with Gasteiger partial charge in [-0.1, -0.05) is 31.2 Å². The molecule has 2 N–H and O–H groups in total. The van der Waals surface area contributed by atoms with Crippen LogP contribution in [0.4, 0.5) is 14.5 Å². The summed E-state index contributed by atoms with van der Waals surface area (Å²) in [5.74, 6) is -0.542. The van der Waals surface area contributed by atoms with E-state index in [0.29, 0.717) is 28.1 Å². The lowest BCUT2D eigenvalue weighted by atomic mass is 10.0. The first-order valence-corrected chi connectivity index (χ1v) is 10.2. The van der Waals surface area contributed by atoms with Crippen LogP contribution in [0.3, 0.4) is 0 Å². The molecule has 1 aromatic heterocycles. The average molecular weight is 430 g/mol. The SMILES string of the molecule is CCC(NC(=O)c1ccc(NC(=O)c2cccs2)cc1)c1ccccc1OC(F)F. The number of rotatable bonds is 8. The Bertz CT molecular complexity index is 992. The van der Waals surface area contributed by atoms with Crippen molar-refractivity contribution in [3.05, 3.63) is 82.0 Å². The number of benzene rings is 2. The highest BCUT2D eigenvalue weighted by Crippen LogP contribution is 2.28. The molecule has 0 bridgehead atoms. The van der Waals surface area contributed by atoms with Crippen LogP contribution < -0.4 is 15.4 Å². The van der Waals surface area contributed by atoms with Crippen molar-refractivity contribution >= 4 is 28.8 Å². The van der Waals surface area contributed by atoms with Crippen molar-refractivity contribution in [2.75, 3.05) is 5.32 Å². The number of para-hydroxylation sites is 1. The molecule has 0 aliphatic carbocycles. The van der Waals surface area contributed by atoms with Crippen molar-refractivity contribution in [3.8, 4) is 5.75 Å². The molecule has 2 aromatic carbocycles. The molecule has 5 nitrogen and oxygen atoms in total. The van der Waals surface area contributed by atoms with Crippen molar-refractivity contribution in [2.24, 2.45) is 0 Å². The minimum atomic E-state index is -2.95. The Morgan fingerprint density at radius 2 is 1.73 bits per heavy atom. The number of hydrogen-bond acceptors (Lipinski definition) is 4. The molecular weight excluding hydrogens is 410 g/mol. The highest BCUT2D eigenvalue weighted by atomic mass is 32.1.